The summed E-state index contributed by atoms with van der Waals surface area (Å²) in [5.41, 5.74) is -0.0669. The number of nitriles is 1. The van der Waals surface area contributed by atoms with Crippen LogP contribution in [0.4, 0.5) is 0 Å². The lowest BCUT2D eigenvalue weighted by molar-refractivity contribution is -0.231. The Kier molecular flexibility index (Phi) is 8.56. The normalized spacial score (nSPS) is 34.0. The van der Waals surface area contributed by atoms with E-state index in [1.54, 1.807) is 0 Å². The molecule has 0 aromatic heterocycles. The van der Waals surface area contributed by atoms with Crippen molar-refractivity contribution in [2.24, 2.45) is 17.3 Å². The zero-order chi connectivity index (χ0) is 17.3. The number of nitrogens with zero attached hydrogens (tertiary/aromatic N) is 1. The smallest absolute Gasteiger partial charge is 0.160 e. The molecule has 1 aliphatic carbocycles. The van der Waals surface area contributed by atoms with Gasteiger partial charge in [-0.3, -0.25) is 0 Å². The molecule has 2 fully saturated rings. The Labute approximate surface area is 149 Å². The molecule has 138 valence electrons. The van der Waals surface area contributed by atoms with Crippen LogP contribution in [0.3, 0.4) is 0 Å². The Morgan fingerprint density at radius 1 is 0.958 bits per heavy atom. The van der Waals surface area contributed by atoms with E-state index in [4.69, 9.17) is 9.47 Å². The molecule has 24 heavy (non-hydrogen) atoms. The van der Waals surface area contributed by atoms with Gasteiger partial charge in [0, 0.05) is 11.8 Å². The topological polar surface area (TPSA) is 42.2 Å². The van der Waals surface area contributed by atoms with Crippen molar-refractivity contribution in [2.75, 3.05) is 13.2 Å². The van der Waals surface area contributed by atoms with Gasteiger partial charge in [-0.25, -0.2) is 0 Å². The highest BCUT2D eigenvalue weighted by Crippen LogP contribution is 2.44. The maximum Gasteiger partial charge on any atom is 0.160 e. The van der Waals surface area contributed by atoms with Crippen molar-refractivity contribution in [1.82, 2.24) is 0 Å². The van der Waals surface area contributed by atoms with Crippen LogP contribution in [0.25, 0.3) is 0 Å². The quantitative estimate of drug-likeness (QED) is 0.497. The maximum absolute atomic E-state index is 9.70. The second-order valence-electron chi connectivity index (χ2n) is 8.08. The molecule has 3 nitrogen and oxygen atoms in total. The van der Waals surface area contributed by atoms with Crippen molar-refractivity contribution >= 4 is 0 Å². The number of ether oxygens (including phenoxy) is 2. The minimum atomic E-state index is -0.0669. The van der Waals surface area contributed by atoms with Crippen LogP contribution in [0.5, 0.6) is 0 Å². The van der Waals surface area contributed by atoms with Gasteiger partial charge in [0.15, 0.2) is 6.29 Å². The first-order valence-corrected chi connectivity index (χ1v) is 10.4. The Morgan fingerprint density at radius 3 is 2.21 bits per heavy atom. The van der Waals surface area contributed by atoms with Crippen LogP contribution in [0.1, 0.15) is 90.9 Å². The summed E-state index contributed by atoms with van der Waals surface area (Å²) in [7, 11) is 0. The molecule has 1 heterocycles. The van der Waals surface area contributed by atoms with Gasteiger partial charge in [-0.2, -0.15) is 5.26 Å². The van der Waals surface area contributed by atoms with E-state index < -0.39 is 0 Å². The summed E-state index contributed by atoms with van der Waals surface area (Å²) >= 11 is 0. The molecule has 1 saturated heterocycles. The molecule has 1 saturated carbocycles. The average molecular weight is 336 g/mol. The van der Waals surface area contributed by atoms with E-state index >= 15 is 0 Å². The molecule has 1 aliphatic heterocycles. The summed E-state index contributed by atoms with van der Waals surface area (Å²) in [6, 6.07) is 2.67. The van der Waals surface area contributed by atoms with Crippen LogP contribution in [-0.2, 0) is 9.47 Å². The van der Waals surface area contributed by atoms with E-state index in [-0.39, 0.29) is 11.7 Å². The zero-order valence-electron chi connectivity index (χ0n) is 15.9. The molecular formula is C21H37NO2. The van der Waals surface area contributed by atoms with Crippen LogP contribution in [0, 0.1) is 28.6 Å². The van der Waals surface area contributed by atoms with Crippen LogP contribution >= 0.6 is 0 Å². The Balaban J connectivity index is 1.71. The summed E-state index contributed by atoms with van der Waals surface area (Å²) in [6.07, 6.45) is 14.1. The van der Waals surface area contributed by atoms with E-state index in [2.05, 4.69) is 19.9 Å². The minimum absolute atomic E-state index is 0.0142. The van der Waals surface area contributed by atoms with Gasteiger partial charge in [0.2, 0.25) is 0 Å². The van der Waals surface area contributed by atoms with E-state index in [1.807, 2.05) is 0 Å². The predicted octanol–water partition coefficient (Wildman–Crippen LogP) is 5.84. The fourth-order valence-electron chi connectivity index (χ4n) is 4.26. The average Bonchev–Trinajstić information content (AvgIpc) is 2.64. The first-order chi connectivity index (χ1) is 11.7. The van der Waals surface area contributed by atoms with Gasteiger partial charge in [-0.05, 0) is 38.5 Å². The largest absolute Gasteiger partial charge is 0.352 e. The molecule has 3 heteroatoms. The lowest BCUT2D eigenvalue weighted by Gasteiger charge is -2.40. The molecule has 0 unspecified atom stereocenters. The molecule has 0 amide bonds. The minimum Gasteiger partial charge on any atom is -0.352 e. The number of hydrogen-bond donors (Lipinski definition) is 0. The van der Waals surface area contributed by atoms with Crippen molar-refractivity contribution in [3.8, 4) is 6.07 Å². The summed E-state index contributed by atoms with van der Waals surface area (Å²) in [4.78, 5) is 0. The van der Waals surface area contributed by atoms with Gasteiger partial charge in [-0.1, -0.05) is 52.4 Å². The maximum atomic E-state index is 9.70. The van der Waals surface area contributed by atoms with Crippen molar-refractivity contribution in [1.29, 1.82) is 5.26 Å². The highest BCUT2D eigenvalue weighted by molar-refractivity contribution is 5.01. The van der Waals surface area contributed by atoms with Gasteiger partial charge in [-0.15, -0.1) is 0 Å². The first kappa shape index (κ1) is 19.7. The molecule has 0 spiro atoms. The Bertz CT molecular complexity index is 374. The van der Waals surface area contributed by atoms with Crippen molar-refractivity contribution in [3.63, 3.8) is 0 Å². The zero-order valence-corrected chi connectivity index (χ0v) is 15.9. The van der Waals surface area contributed by atoms with E-state index in [0.717, 1.165) is 45.3 Å². The van der Waals surface area contributed by atoms with Crippen LogP contribution in [-0.4, -0.2) is 19.5 Å². The number of unbranched alkanes of at least 4 members (excludes halogenated alkanes) is 4. The molecular weight excluding hydrogens is 298 g/mol. The van der Waals surface area contributed by atoms with E-state index in [1.165, 1.54) is 44.9 Å². The second kappa shape index (κ2) is 10.4. The summed E-state index contributed by atoms with van der Waals surface area (Å²) in [5.74, 6) is 1.08. The van der Waals surface area contributed by atoms with Gasteiger partial charge in [0.1, 0.15) is 0 Å². The fraction of sp³-hybridized carbons (Fsp3) is 0.952. The molecule has 0 radical (unpaired) electrons. The molecule has 0 aromatic carbocycles. The van der Waals surface area contributed by atoms with Gasteiger partial charge in [0.05, 0.1) is 24.7 Å². The summed E-state index contributed by atoms with van der Waals surface area (Å²) < 4.78 is 12.1. The van der Waals surface area contributed by atoms with Gasteiger partial charge < -0.3 is 9.47 Å². The number of hydrogen-bond acceptors (Lipinski definition) is 3. The second-order valence-corrected chi connectivity index (χ2v) is 8.08. The van der Waals surface area contributed by atoms with Crippen molar-refractivity contribution in [2.45, 2.75) is 97.2 Å². The third-order valence-electron chi connectivity index (χ3n) is 6.08. The SMILES string of the molecule is CCCCCCC1(C#N)CCC(C2OCC(CCCC)CO2)CC1. The Morgan fingerprint density at radius 2 is 1.62 bits per heavy atom. The predicted molar refractivity (Wildman–Crippen MR) is 97.5 cm³/mol. The van der Waals surface area contributed by atoms with Crippen molar-refractivity contribution < 1.29 is 9.47 Å². The molecule has 2 aliphatic rings. The molecule has 0 aromatic rings. The standard InChI is InChI=1S/C21H37NO2/c1-3-5-7-8-12-21(17-22)13-10-19(11-14-21)20-23-15-18(16-24-20)9-6-4-2/h18-20H,3-16H2,1-2H3. The number of rotatable bonds is 9. The summed E-state index contributed by atoms with van der Waals surface area (Å²) in [6.45, 7) is 6.20. The van der Waals surface area contributed by atoms with Crippen molar-refractivity contribution in [3.05, 3.63) is 0 Å². The molecule has 0 bridgehead atoms. The fourth-order valence-corrected chi connectivity index (χ4v) is 4.26. The van der Waals surface area contributed by atoms with E-state index in [9.17, 15) is 5.26 Å². The highest BCUT2D eigenvalue weighted by Gasteiger charge is 2.39. The van der Waals surface area contributed by atoms with Gasteiger partial charge >= 0.3 is 0 Å². The molecule has 2 rings (SSSR count). The van der Waals surface area contributed by atoms with E-state index in [0.29, 0.717) is 11.8 Å². The van der Waals surface area contributed by atoms with Crippen LogP contribution < -0.4 is 0 Å². The third kappa shape index (κ3) is 5.74. The van der Waals surface area contributed by atoms with Crippen LogP contribution in [0.15, 0.2) is 0 Å². The molecule has 0 N–H and O–H groups in total. The highest BCUT2D eigenvalue weighted by atomic mass is 16.7. The molecule has 0 atom stereocenters. The monoisotopic (exact) mass is 335 g/mol. The summed E-state index contributed by atoms with van der Waals surface area (Å²) in [5, 5.41) is 9.70. The first-order valence-electron chi connectivity index (χ1n) is 10.4. The van der Waals surface area contributed by atoms with Gasteiger partial charge in [0.25, 0.3) is 0 Å². The lowest BCUT2D eigenvalue weighted by Crippen LogP contribution is -2.40. The third-order valence-corrected chi connectivity index (χ3v) is 6.08. The lowest BCUT2D eigenvalue weighted by atomic mass is 9.68. The van der Waals surface area contributed by atoms with Crippen LogP contribution in [0.2, 0.25) is 0 Å². The Hall–Kier alpha value is -0.590.